The molecule has 1 aromatic carbocycles. The average molecular weight is 307 g/mol. The summed E-state index contributed by atoms with van der Waals surface area (Å²) in [4.78, 5) is 4.43. The van der Waals surface area contributed by atoms with Crippen molar-refractivity contribution in [3.63, 3.8) is 0 Å². The maximum absolute atomic E-state index is 6.10. The van der Waals surface area contributed by atoms with Gasteiger partial charge in [0.2, 0.25) is 0 Å². The molecule has 0 N–H and O–H groups in total. The van der Waals surface area contributed by atoms with E-state index in [-0.39, 0.29) is 0 Å². The summed E-state index contributed by atoms with van der Waals surface area (Å²) < 4.78 is 2.30. The van der Waals surface area contributed by atoms with E-state index in [2.05, 4.69) is 28.0 Å². The van der Waals surface area contributed by atoms with Gasteiger partial charge in [0.25, 0.3) is 0 Å². The van der Waals surface area contributed by atoms with Crippen molar-refractivity contribution >= 4 is 35.1 Å². The van der Waals surface area contributed by atoms with Crippen molar-refractivity contribution in [1.82, 2.24) is 4.57 Å². The zero-order chi connectivity index (χ0) is 13.9. The summed E-state index contributed by atoms with van der Waals surface area (Å²) in [7, 11) is 0. The Morgan fingerprint density at radius 1 is 1.15 bits per heavy atom. The third kappa shape index (κ3) is 3.08. The van der Waals surface area contributed by atoms with Crippen molar-refractivity contribution in [3.05, 3.63) is 52.3 Å². The summed E-state index contributed by atoms with van der Waals surface area (Å²) in [5.41, 5.74) is 1.84. The Balaban J connectivity index is 1.75. The van der Waals surface area contributed by atoms with E-state index in [0.29, 0.717) is 16.1 Å². The van der Waals surface area contributed by atoms with Gasteiger partial charge in [0.05, 0.1) is 10.7 Å². The lowest BCUT2D eigenvalue weighted by atomic mass is 10.2. The van der Waals surface area contributed by atoms with E-state index in [4.69, 9.17) is 23.2 Å². The molecule has 0 spiro atoms. The first-order chi connectivity index (χ1) is 9.72. The van der Waals surface area contributed by atoms with Gasteiger partial charge in [-0.2, -0.15) is 0 Å². The molecule has 104 valence electrons. The monoisotopic (exact) mass is 306 g/mol. The van der Waals surface area contributed by atoms with Crippen molar-refractivity contribution in [1.29, 1.82) is 0 Å². The summed E-state index contributed by atoms with van der Waals surface area (Å²) >= 11 is 12.0. The van der Waals surface area contributed by atoms with Gasteiger partial charge in [-0.3, -0.25) is 4.99 Å². The van der Waals surface area contributed by atoms with Crippen molar-refractivity contribution in [2.75, 3.05) is 0 Å². The van der Waals surface area contributed by atoms with Crippen LogP contribution in [0, 0.1) is 0 Å². The highest BCUT2D eigenvalue weighted by molar-refractivity contribution is 6.36. The SMILES string of the molecule is Clc1ccc(N=Cc2ccn(C3CCCC3)c2)c(Cl)c1. The van der Waals surface area contributed by atoms with Crippen LogP contribution in [0.15, 0.2) is 41.7 Å². The van der Waals surface area contributed by atoms with Crippen LogP contribution in [0.3, 0.4) is 0 Å². The minimum Gasteiger partial charge on any atom is -0.351 e. The topological polar surface area (TPSA) is 17.3 Å². The fourth-order valence-corrected chi connectivity index (χ4v) is 3.12. The lowest BCUT2D eigenvalue weighted by Crippen LogP contribution is -2.00. The maximum atomic E-state index is 6.10. The molecule has 2 aromatic rings. The first-order valence-corrected chi connectivity index (χ1v) is 7.64. The number of nitrogens with zero attached hydrogens (tertiary/aromatic N) is 2. The third-order valence-corrected chi connectivity index (χ3v) is 4.28. The van der Waals surface area contributed by atoms with Crippen molar-refractivity contribution in [2.45, 2.75) is 31.7 Å². The highest BCUT2D eigenvalue weighted by Gasteiger charge is 2.15. The van der Waals surface area contributed by atoms with E-state index in [0.717, 1.165) is 11.3 Å². The molecular formula is C16H16Cl2N2. The van der Waals surface area contributed by atoms with Gasteiger partial charge in [0.1, 0.15) is 0 Å². The van der Waals surface area contributed by atoms with Crippen LogP contribution in [-0.2, 0) is 0 Å². The van der Waals surface area contributed by atoms with E-state index < -0.39 is 0 Å². The van der Waals surface area contributed by atoms with Crippen LogP contribution < -0.4 is 0 Å². The molecule has 0 bridgehead atoms. The van der Waals surface area contributed by atoms with Crippen LogP contribution in [0.5, 0.6) is 0 Å². The molecule has 1 fully saturated rings. The Labute approximate surface area is 129 Å². The van der Waals surface area contributed by atoms with E-state index >= 15 is 0 Å². The zero-order valence-corrected chi connectivity index (χ0v) is 12.6. The third-order valence-electron chi connectivity index (χ3n) is 3.75. The van der Waals surface area contributed by atoms with Gasteiger partial charge in [-0.1, -0.05) is 36.0 Å². The fraction of sp³-hybridized carbons (Fsp3) is 0.312. The number of halogens is 2. The summed E-state index contributed by atoms with van der Waals surface area (Å²) in [5, 5.41) is 1.20. The van der Waals surface area contributed by atoms with E-state index in [1.807, 2.05) is 12.3 Å². The van der Waals surface area contributed by atoms with Crippen LogP contribution in [0.4, 0.5) is 5.69 Å². The molecule has 20 heavy (non-hydrogen) atoms. The molecule has 4 heteroatoms. The number of hydrogen-bond donors (Lipinski definition) is 0. The summed E-state index contributed by atoms with van der Waals surface area (Å²) in [5.74, 6) is 0. The Bertz CT molecular complexity index is 625. The number of rotatable bonds is 3. The van der Waals surface area contributed by atoms with Crippen LogP contribution in [0.25, 0.3) is 0 Å². The second-order valence-corrected chi connectivity index (χ2v) is 6.03. The summed E-state index contributed by atoms with van der Waals surface area (Å²) in [6.45, 7) is 0. The molecule has 1 heterocycles. The van der Waals surface area contributed by atoms with Gasteiger partial charge >= 0.3 is 0 Å². The Hall–Kier alpha value is -1.25. The number of benzene rings is 1. The molecule has 1 aliphatic rings. The molecule has 3 rings (SSSR count). The smallest absolute Gasteiger partial charge is 0.0817 e. The fourth-order valence-electron chi connectivity index (χ4n) is 2.67. The second kappa shape index (κ2) is 6.02. The predicted octanol–water partition coefficient (Wildman–Crippen LogP) is 5.66. The van der Waals surface area contributed by atoms with Gasteiger partial charge in [-0.25, -0.2) is 0 Å². The van der Waals surface area contributed by atoms with E-state index in [1.54, 1.807) is 12.1 Å². The van der Waals surface area contributed by atoms with Gasteiger partial charge in [0.15, 0.2) is 0 Å². The van der Waals surface area contributed by atoms with Gasteiger partial charge in [-0.15, -0.1) is 0 Å². The second-order valence-electron chi connectivity index (χ2n) is 5.18. The Morgan fingerprint density at radius 3 is 2.70 bits per heavy atom. The number of aromatic nitrogens is 1. The quantitative estimate of drug-likeness (QED) is 0.651. The molecule has 0 amide bonds. The molecule has 2 nitrogen and oxygen atoms in total. The normalized spacial score (nSPS) is 16.3. The number of hydrogen-bond acceptors (Lipinski definition) is 1. The van der Waals surface area contributed by atoms with Crippen molar-refractivity contribution in [3.8, 4) is 0 Å². The molecule has 0 unspecified atom stereocenters. The van der Waals surface area contributed by atoms with Crippen LogP contribution >= 0.6 is 23.2 Å². The average Bonchev–Trinajstić information content (AvgIpc) is 3.08. The lowest BCUT2D eigenvalue weighted by molar-refractivity contribution is 0.521. The lowest BCUT2D eigenvalue weighted by Gasteiger charge is -2.10. The standard InChI is InChI=1S/C16H16Cl2N2/c17-13-5-6-16(15(18)9-13)19-10-12-7-8-20(11-12)14-3-1-2-4-14/h5-11,14H,1-4H2. The van der Waals surface area contributed by atoms with Crippen molar-refractivity contribution in [2.24, 2.45) is 4.99 Å². The Kier molecular flexibility index (Phi) is 4.13. The summed E-state index contributed by atoms with van der Waals surface area (Å²) in [6.07, 6.45) is 11.4. The predicted molar refractivity (Wildman–Crippen MR) is 85.7 cm³/mol. The van der Waals surface area contributed by atoms with Gasteiger partial charge in [0, 0.05) is 35.2 Å². The number of aliphatic imine (C=N–C) groups is 1. The largest absolute Gasteiger partial charge is 0.351 e. The van der Waals surface area contributed by atoms with E-state index in [9.17, 15) is 0 Å². The minimum atomic E-state index is 0.573. The van der Waals surface area contributed by atoms with E-state index in [1.165, 1.54) is 25.7 Å². The highest BCUT2D eigenvalue weighted by Crippen LogP contribution is 2.30. The zero-order valence-electron chi connectivity index (χ0n) is 11.1. The minimum absolute atomic E-state index is 0.573. The molecule has 0 saturated heterocycles. The van der Waals surface area contributed by atoms with Crippen LogP contribution in [0.2, 0.25) is 10.0 Å². The van der Waals surface area contributed by atoms with Crippen molar-refractivity contribution < 1.29 is 0 Å². The first kappa shape index (κ1) is 13.7. The molecule has 1 saturated carbocycles. The molecule has 1 aliphatic carbocycles. The van der Waals surface area contributed by atoms with Crippen LogP contribution in [0.1, 0.15) is 37.3 Å². The highest BCUT2D eigenvalue weighted by atomic mass is 35.5. The van der Waals surface area contributed by atoms with Gasteiger partial charge < -0.3 is 4.57 Å². The molecule has 0 aliphatic heterocycles. The van der Waals surface area contributed by atoms with Gasteiger partial charge in [-0.05, 0) is 37.1 Å². The Morgan fingerprint density at radius 2 is 1.95 bits per heavy atom. The molecular weight excluding hydrogens is 291 g/mol. The molecule has 0 radical (unpaired) electrons. The molecule has 0 atom stereocenters. The first-order valence-electron chi connectivity index (χ1n) is 6.89. The maximum Gasteiger partial charge on any atom is 0.0817 e. The summed E-state index contributed by atoms with van der Waals surface area (Å²) in [6, 6.07) is 8.08. The van der Waals surface area contributed by atoms with Crippen LogP contribution in [-0.4, -0.2) is 10.8 Å². The molecule has 1 aromatic heterocycles.